The number of nitro groups is 1. The maximum absolute atomic E-state index is 15.4. The first-order valence-corrected chi connectivity index (χ1v) is 17.2. The summed E-state index contributed by atoms with van der Waals surface area (Å²) in [6.07, 6.45) is 0.767. The standard InChI is InChI=1S/C36H35F2N8O7S.2ClH/c1-22(34-42-31(18-54-34)25-7-5-24(15-39)6-8-25)36(49,29-13-27(37)10-12-30(29)38)19-45-21-44(20-41-45)23(2)53-35(48)43(4)32-14-28(46(50)51)11-9-26(32)17-52-33(47)16-40-3;;/h5-14,18,20-23,40,49H,16-17,19H2,1-4H3;2*1H/q+1;;/p-1. The SMILES string of the molecule is CNCC(=O)OCc1ccc([N+](=O)[O-])cc1N(C)C(=O)OC(C)[n+]1cnn(CC(O)(c2cc(F)ccc2F)C(C)c2nc(-c3ccc(C#N)cc3)cs2)c1.Cl.[Cl-]. The van der Waals surface area contributed by atoms with E-state index < -0.39 is 46.4 Å². The monoisotopic (exact) mass is 832 g/mol. The Morgan fingerprint density at radius 3 is 2.55 bits per heavy atom. The molecule has 3 unspecified atom stereocenters. The number of carbonyl (C=O) groups is 2. The molecule has 0 aliphatic carbocycles. The molecule has 15 nitrogen and oxygen atoms in total. The number of ether oxygens (including phenoxy) is 2. The molecule has 296 valence electrons. The van der Waals surface area contributed by atoms with Crippen molar-refractivity contribution >= 4 is 47.2 Å². The minimum absolute atomic E-state index is 0. The van der Waals surface area contributed by atoms with Crippen LogP contribution in [-0.4, -0.2) is 57.5 Å². The highest BCUT2D eigenvalue weighted by Gasteiger charge is 2.43. The molecule has 0 aliphatic heterocycles. The molecule has 2 N–H and O–H groups in total. The van der Waals surface area contributed by atoms with Crippen LogP contribution in [0.15, 0.2) is 78.7 Å². The quantitative estimate of drug-likeness (QED) is 0.0724. The average molecular weight is 834 g/mol. The van der Waals surface area contributed by atoms with Crippen LogP contribution in [0.4, 0.5) is 25.0 Å². The number of aromatic nitrogens is 4. The second-order valence-electron chi connectivity index (χ2n) is 12.2. The number of anilines is 1. The van der Waals surface area contributed by atoms with Gasteiger partial charge in [0, 0.05) is 59.2 Å². The largest absolute Gasteiger partial charge is 1.00 e. The molecule has 0 radical (unpaired) electrons. The molecule has 3 aromatic carbocycles. The summed E-state index contributed by atoms with van der Waals surface area (Å²) in [5.41, 5.74) is -0.580. The third-order valence-electron chi connectivity index (χ3n) is 8.63. The Morgan fingerprint density at radius 1 is 1.18 bits per heavy atom. The van der Waals surface area contributed by atoms with Gasteiger partial charge in [-0.15, -0.1) is 28.4 Å². The van der Waals surface area contributed by atoms with Crippen molar-refractivity contribution in [2.75, 3.05) is 25.5 Å². The molecular weight excluding hydrogens is 797 g/mol. The van der Waals surface area contributed by atoms with Gasteiger partial charge < -0.3 is 32.3 Å². The molecule has 0 spiro atoms. The first-order valence-electron chi connectivity index (χ1n) is 16.3. The molecule has 0 fully saturated rings. The number of rotatable bonds is 14. The number of likely N-dealkylation sites (N-methyl/N-ethyl adjacent to an activating group) is 1. The Morgan fingerprint density at radius 2 is 1.89 bits per heavy atom. The van der Waals surface area contributed by atoms with Gasteiger partial charge in [-0.3, -0.25) is 19.8 Å². The number of esters is 1. The lowest BCUT2D eigenvalue weighted by Crippen LogP contribution is -3.00. The number of aliphatic hydroxyl groups is 1. The van der Waals surface area contributed by atoms with Gasteiger partial charge in [0.05, 0.1) is 39.5 Å². The van der Waals surface area contributed by atoms with Gasteiger partial charge in [-0.2, -0.15) is 9.83 Å². The van der Waals surface area contributed by atoms with E-state index >= 15 is 4.39 Å². The summed E-state index contributed by atoms with van der Waals surface area (Å²) in [6, 6.07) is 15.4. The van der Waals surface area contributed by atoms with E-state index in [0.717, 1.165) is 34.7 Å². The smallest absolute Gasteiger partial charge is 0.416 e. The second kappa shape index (κ2) is 19.3. The Bertz CT molecular complexity index is 2220. The summed E-state index contributed by atoms with van der Waals surface area (Å²) in [6.45, 7) is 2.44. The van der Waals surface area contributed by atoms with Crippen LogP contribution in [0.1, 0.15) is 47.7 Å². The molecule has 0 bridgehead atoms. The number of nitriles is 1. The van der Waals surface area contributed by atoms with Crippen LogP contribution in [0.3, 0.4) is 0 Å². The zero-order chi connectivity index (χ0) is 39.2. The molecule has 20 heteroatoms. The van der Waals surface area contributed by atoms with Crippen LogP contribution in [-0.2, 0) is 33.0 Å². The van der Waals surface area contributed by atoms with Crippen molar-refractivity contribution in [2.24, 2.45) is 0 Å². The van der Waals surface area contributed by atoms with Crippen LogP contribution in [0.25, 0.3) is 11.3 Å². The Hall–Kier alpha value is -5.58. The van der Waals surface area contributed by atoms with Crippen LogP contribution in [0, 0.1) is 33.1 Å². The number of nitrogens with one attached hydrogen (secondary N) is 1. The summed E-state index contributed by atoms with van der Waals surface area (Å²) < 4.78 is 43.4. The number of carbonyl (C=O) groups excluding carboxylic acids is 2. The molecule has 1 amide bonds. The number of hydrogen-bond donors (Lipinski definition) is 2. The molecule has 0 saturated heterocycles. The van der Waals surface area contributed by atoms with Crippen molar-refractivity contribution in [3.05, 3.63) is 122 Å². The van der Waals surface area contributed by atoms with Gasteiger partial charge >= 0.3 is 12.1 Å². The molecule has 2 aromatic heterocycles. The van der Waals surface area contributed by atoms with Crippen molar-refractivity contribution < 1.29 is 54.8 Å². The predicted molar refractivity (Wildman–Crippen MR) is 197 cm³/mol. The number of benzene rings is 3. The van der Waals surface area contributed by atoms with Gasteiger partial charge in [0.2, 0.25) is 12.6 Å². The van der Waals surface area contributed by atoms with Gasteiger partial charge in [0.25, 0.3) is 12.0 Å². The van der Waals surface area contributed by atoms with Gasteiger partial charge in [0.15, 0.2) is 0 Å². The third-order valence-corrected chi connectivity index (χ3v) is 9.66. The third kappa shape index (κ3) is 10.2. The highest BCUT2D eigenvalue weighted by Crippen LogP contribution is 2.41. The minimum Gasteiger partial charge on any atom is -1.00 e. The van der Waals surface area contributed by atoms with Crippen LogP contribution >= 0.6 is 23.7 Å². The summed E-state index contributed by atoms with van der Waals surface area (Å²) in [5.74, 6) is -3.08. The summed E-state index contributed by atoms with van der Waals surface area (Å²) in [5, 5.41) is 42.0. The van der Waals surface area contributed by atoms with E-state index in [9.17, 15) is 29.2 Å². The lowest BCUT2D eigenvalue weighted by Gasteiger charge is -2.32. The van der Waals surface area contributed by atoms with Crippen molar-refractivity contribution in [1.29, 1.82) is 5.26 Å². The number of nitrogens with zero attached hydrogens (tertiary/aromatic N) is 7. The lowest BCUT2D eigenvalue weighted by atomic mass is 9.82. The number of amides is 1. The van der Waals surface area contributed by atoms with E-state index in [-0.39, 0.29) is 61.4 Å². The molecule has 3 atom stereocenters. The zero-order valence-electron chi connectivity index (χ0n) is 30.3. The van der Waals surface area contributed by atoms with Crippen molar-refractivity contribution in [3.8, 4) is 17.3 Å². The molecule has 5 rings (SSSR count). The van der Waals surface area contributed by atoms with E-state index in [1.807, 2.05) is 0 Å². The normalized spacial score (nSPS) is 12.8. The van der Waals surface area contributed by atoms with E-state index in [1.54, 1.807) is 43.6 Å². The maximum Gasteiger partial charge on any atom is 0.416 e. The average Bonchev–Trinajstić information content (AvgIpc) is 3.85. The van der Waals surface area contributed by atoms with Crippen LogP contribution in [0.2, 0.25) is 0 Å². The molecular formula is C36H36Cl2F2N8O7S. The highest BCUT2D eigenvalue weighted by atomic mass is 35.5. The van der Waals surface area contributed by atoms with Gasteiger partial charge in [-0.25, -0.2) is 18.6 Å². The topological polar surface area (TPSA) is 190 Å². The fourth-order valence-corrected chi connectivity index (χ4v) is 6.49. The number of hydrogen-bond acceptors (Lipinski definition) is 12. The molecule has 2 heterocycles. The van der Waals surface area contributed by atoms with E-state index in [4.69, 9.17) is 14.7 Å². The number of non-ortho nitro benzene ring substituents is 1. The predicted octanol–water partition coefficient (Wildman–Crippen LogP) is 2.52. The van der Waals surface area contributed by atoms with Crippen molar-refractivity contribution in [2.45, 2.75) is 44.7 Å². The van der Waals surface area contributed by atoms with Gasteiger partial charge in [0.1, 0.15) is 30.4 Å². The number of nitro benzene ring substituents is 1. The van der Waals surface area contributed by atoms with Crippen molar-refractivity contribution in [3.63, 3.8) is 0 Å². The van der Waals surface area contributed by atoms with Crippen molar-refractivity contribution in [1.82, 2.24) is 20.1 Å². The van der Waals surface area contributed by atoms with E-state index in [1.165, 1.54) is 59.3 Å². The molecule has 0 saturated carbocycles. The highest BCUT2D eigenvalue weighted by molar-refractivity contribution is 7.10. The molecule has 5 aromatic rings. The Kier molecular flexibility index (Phi) is 15.5. The fourth-order valence-electron chi connectivity index (χ4n) is 5.52. The molecule has 0 aliphatic rings. The van der Waals surface area contributed by atoms with E-state index in [2.05, 4.69) is 21.5 Å². The zero-order valence-corrected chi connectivity index (χ0v) is 32.6. The van der Waals surface area contributed by atoms with Gasteiger partial charge in [-0.05, 0) is 43.4 Å². The Labute approximate surface area is 336 Å². The maximum atomic E-state index is 15.4. The van der Waals surface area contributed by atoms with Gasteiger partial charge in [-0.1, -0.05) is 19.1 Å². The lowest BCUT2D eigenvalue weighted by molar-refractivity contribution is -0.753. The number of thiazole rings is 1. The van der Waals surface area contributed by atoms with E-state index in [0.29, 0.717) is 21.8 Å². The Balaban J connectivity index is 0.00000420. The molecule has 56 heavy (non-hydrogen) atoms. The fraction of sp³-hybridized carbons (Fsp3) is 0.278. The second-order valence-corrected chi connectivity index (χ2v) is 13.1. The number of halogens is 4. The van der Waals surface area contributed by atoms with Crippen LogP contribution in [0.5, 0.6) is 0 Å². The minimum atomic E-state index is -2.09. The first kappa shape index (κ1) is 44.8. The summed E-state index contributed by atoms with van der Waals surface area (Å²) in [7, 11) is 2.90. The first-order chi connectivity index (χ1) is 25.7. The van der Waals surface area contributed by atoms with Crippen LogP contribution < -0.4 is 27.2 Å². The summed E-state index contributed by atoms with van der Waals surface area (Å²) >= 11 is 1.22. The summed E-state index contributed by atoms with van der Waals surface area (Å²) in [4.78, 5) is 41.8.